The predicted octanol–water partition coefficient (Wildman–Crippen LogP) is 3.48. The maximum Gasteiger partial charge on any atom is 0.237 e. The van der Waals surface area contributed by atoms with E-state index in [1.54, 1.807) is 31.2 Å². The number of rotatable bonds is 7. The Labute approximate surface area is 170 Å². The van der Waals surface area contributed by atoms with Crippen LogP contribution in [0.15, 0.2) is 53.7 Å². The number of nitrogen functional groups attached to an aromatic ring is 1. The second-order valence-corrected chi connectivity index (χ2v) is 7.52. The molecule has 10 heteroatoms. The van der Waals surface area contributed by atoms with Crippen molar-refractivity contribution in [3.63, 3.8) is 0 Å². The summed E-state index contributed by atoms with van der Waals surface area (Å²) in [5.74, 6) is 6.27. The summed E-state index contributed by atoms with van der Waals surface area (Å²) >= 11 is 7.08. The summed E-state index contributed by atoms with van der Waals surface area (Å²) < 4.78 is 19.7. The summed E-state index contributed by atoms with van der Waals surface area (Å²) in [7, 11) is 0. The third-order valence-electron chi connectivity index (χ3n) is 3.66. The average Bonchev–Trinajstić information content (AvgIpc) is 3.01. The minimum Gasteiger partial charge on any atom is -0.486 e. The fourth-order valence-electron chi connectivity index (χ4n) is 2.19. The number of halogens is 2. The van der Waals surface area contributed by atoms with Crippen LogP contribution in [0.3, 0.4) is 0 Å². The molecule has 2 aromatic carbocycles. The molecule has 0 spiro atoms. The van der Waals surface area contributed by atoms with Crippen molar-refractivity contribution in [1.29, 1.82) is 0 Å². The number of ether oxygens (including phenoxy) is 1. The first-order valence-corrected chi connectivity index (χ1v) is 9.49. The number of nitrogens with two attached hydrogens (primary N) is 1. The normalized spacial score (nSPS) is 11.8. The molecule has 1 unspecified atom stereocenters. The van der Waals surface area contributed by atoms with Crippen LogP contribution in [0.4, 0.5) is 10.1 Å². The van der Waals surface area contributed by atoms with Crippen LogP contribution < -0.4 is 15.9 Å². The van der Waals surface area contributed by atoms with Gasteiger partial charge in [0.2, 0.25) is 11.1 Å². The highest BCUT2D eigenvalue weighted by molar-refractivity contribution is 8.00. The predicted molar refractivity (Wildman–Crippen MR) is 106 cm³/mol. The molecule has 1 atom stereocenters. The van der Waals surface area contributed by atoms with Crippen molar-refractivity contribution in [3.05, 3.63) is 65.2 Å². The SMILES string of the molecule is CC(Sc1nnc(COc2ccc(F)cc2)n1N)C(=O)Nc1cccc(Cl)c1. The average molecular weight is 422 g/mol. The lowest BCUT2D eigenvalue weighted by Crippen LogP contribution is -2.24. The first kappa shape index (κ1) is 20.0. The molecule has 0 radical (unpaired) electrons. The molecular weight excluding hydrogens is 405 g/mol. The van der Waals surface area contributed by atoms with E-state index in [2.05, 4.69) is 15.5 Å². The van der Waals surface area contributed by atoms with Crippen LogP contribution in [-0.4, -0.2) is 26.0 Å². The number of aromatic nitrogens is 3. The van der Waals surface area contributed by atoms with E-state index in [-0.39, 0.29) is 18.3 Å². The van der Waals surface area contributed by atoms with E-state index in [0.29, 0.717) is 27.4 Å². The number of hydrogen-bond donors (Lipinski definition) is 2. The van der Waals surface area contributed by atoms with Crippen LogP contribution in [-0.2, 0) is 11.4 Å². The lowest BCUT2D eigenvalue weighted by atomic mass is 10.3. The molecule has 3 N–H and O–H groups in total. The number of benzene rings is 2. The van der Waals surface area contributed by atoms with Crippen LogP contribution in [0.25, 0.3) is 0 Å². The largest absolute Gasteiger partial charge is 0.486 e. The highest BCUT2D eigenvalue weighted by Crippen LogP contribution is 2.23. The van der Waals surface area contributed by atoms with Gasteiger partial charge in [0.05, 0.1) is 5.25 Å². The van der Waals surface area contributed by atoms with Crippen LogP contribution in [0.1, 0.15) is 12.7 Å². The van der Waals surface area contributed by atoms with Gasteiger partial charge in [-0.2, -0.15) is 0 Å². The Morgan fingerprint density at radius 2 is 2.07 bits per heavy atom. The number of carbonyl (C=O) groups is 1. The van der Waals surface area contributed by atoms with E-state index in [9.17, 15) is 9.18 Å². The van der Waals surface area contributed by atoms with E-state index < -0.39 is 5.25 Å². The van der Waals surface area contributed by atoms with Crippen molar-refractivity contribution >= 4 is 35.0 Å². The summed E-state index contributed by atoms with van der Waals surface area (Å²) in [6.45, 7) is 1.78. The van der Waals surface area contributed by atoms with Crippen molar-refractivity contribution < 1.29 is 13.9 Å². The Morgan fingerprint density at radius 1 is 1.32 bits per heavy atom. The molecule has 28 heavy (non-hydrogen) atoms. The summed E-state index contributed by atoms with van der Waals surface area (Å²) in [5, 5.41) is 11.2. The van der Waals surface area contributed by atoms with Crippen LogP contribution in [0.5, 0.6) is 5.75 Å². The maximum absolute atomic E-state index is 12.9. The smallest absolute Gasteiger partial charge is 0.237 e. The van der Waals surface area contributed by atoms with Crippen molar-refractivity contribution in [2.45, 2.75) is 23.9 Å². The Morgan fingerprint density at radius 3 is 2.79 bits per heavy atom. The first-order valence-electron chi connectivity index (χ1n) is 8.23. The Hall–Kier alpha value is -2.78. The summed E-state index contributed by atoms with van der Waals surface area (Å²) in [5.41, 5.74) is 0.604. The Bertz CT molecular complexity index is 967. The third-order valence-corrected chi connectivity index (χ3v) is 4.95. The van der Waals surface area contributed by atoms with Crippen molar-refractivity contribution in [1.82, 2.24) is 14.9 Å². The van der Waals surface area contributed by atoms with E-state index in [1.807, 2.05) is 0 Å². The highest BCUT2D eigenvalue weighted by Gasteiger charge is 2.20. The fourth-order valence-corrected chi connectivity index (χ4v) is 3.17. The monoisotopic (exact) mass is 421 g/mol. The number of carbonyl (C=O) groups excluding carboxylic acids is 1. The molecule has 7 nitrogen and oxygen atoms in total. The summed E-state index contributed by atoms with van der Waals surface area (Å²) in [6, 6.07) is 12.5. The van der Waals surface area contributed by atoms with Gasteiger partial charge in [0.15, 0.2) is 5.82 Å². The zero-order valence-corrected chi connectivity index (χ0v) is 16.4. The lowest BCUT2D eigenvalue weighted by molar-refractivity contribution is -0.115. The molecular formula is C18H17ClFN5O2S. The second kappa shape index (κ2) is 8.94. The molecule has 0 bridgehead atoms. The van der Waals surface area contributed by atoms with Gasteiger partial charge in [-0.25, -0.2) is 9.07 Å². The topological polar surface area (TPSA) is 95.1 Å². The van der Waals surface area contributed by atoms with Crippen LogP contribution in [0.2, 0.25) is 5.02 Å². The van der Waals surface area contributed by atoms with Crippen LogP contribution >= 0.6 is 23.4 Å². The summed E-state index contributed by atoms with van der Waals surface area (Å²) in [6.07, 6.45) is 0. The van der Waals surface area contributed by atoms with Gasteiger partial charge in [-0.1, -0.05) is 29.4 Å². The molecule has 1 aromatic heterocycles. The quantitative estimate of drug-likeness (QED) is 0.448. The minimum absolute atomic E-state index is 0.0543. The number of amides is 1. The number of anilines is 1. The molecule has 3 aromatic rings. The van der Waals surface area contributed by atoms with Gasteiger partial charge in [0.1, 0.15) is 18.2 Å². The molecule has 0 saturated carbocycles. The van der Waals surface area contributed by atoms with Crippen molar-refractivity contribution in [3.8, 4) is 5.75 Å². The zero-order chi connectivity index (χ0) is 20.1. The lowest BCUT2D eigenvalue weighted by Gasteiger charge is -2.12. The van der Waals surface area contributed by atoms with Gasteiger partial charge >= 0.3 is 0 Å². The number of hydrogen-bond acceptors (Lipinski definition) is 6. The van der Waals surface area contributed by atoms with Crippen molar-refractivity contribution in [2.75, 3.05) is 11.2 Å². The number of nitrogens with zero attached hydrogens (tertiary/aromatic N) is 3. The fraction of sp³-hybridized carbons (Fsp3) is 0.167. The van der Waals surface area contributed by atoms with Crippen molar-refractivity contribution in [2.24, 2.45) is 0 Å². The molecule has 0 saturated heterocycles. The van der Waals surface area contributed by atoms with Gasteiger partial charge < -0.3 is 15.9 Å². The van der Waals surface area contributed by atoms with Gasteiger partial charge in [0.25, 0.3) is 0 Å². The van der Waals surface area contributed by atoms with Gasteiger partial charge in [-0.15, -0.1) is 10.2 Å². The second-order valence-electron chi connectivity index (χ2n) is 5.77. The first-order chi connectivity index (χ1) is 13.4. The van der Waals surface area contributed by atoms with Gasteiger partial charge in [-0.3, -0.25) is 4.79 Å². The van der Waals surface area contributed by atoms with E-state index in [1.165, 1.54) is 28.9 Å². The molecule has 1 heterocycles. The zero-order valence-electron chi connectivity index (χ0n) is 14.8. The molecule has 0 aliphatic heterocycles. The maximum atomic E-state index is 12.9. The standard InChI is InChI=1S/C18H17ClFN5O2S/c1-11(17(26)22-14-4-2-3-12(19)9-14)28-18-24-23-16(25(18)21)10-27-15-7-5-13(20)6-8-15/h2-9,11H,10,21H2,1H3,(H,22,26). The third kappa shape index (κ3) is 5.14. The van der Waals surface area contributed by atoms with Crippen LogP contribution in [0, 0.1) is 5.82 Å². The minimum atomic E-state index is -0.476. The Kier molecular flexibility index (Phi) is 6.37. The molecule has 1 amide bonds. The molecule has 3 rings (SSSR count). The molecule has 0 fully saturated rings. The number of thioether (sulfide) groups is 1. The van der Waals surface area contributed by atoms with Gasteiger partial charge in [-0.05, 0) is 49.4 Å². The van der Waals surface area contributed by atoms with E-state index >= 15 is 0 Å². The van der Waals surface area contributed by atoms with E-state index in [0.717, 1.165) is 11.8 Å². The molecule has 0 aliphatic rings. The number of nitrogens with one attached hydrogen (secondary N) is 1. The summed E-state index contributed by atoms with van der Waals surface area (Å²) in [4.78, 5) is 12.4. The van der Waals surface area contributed by atoms with E-state index in [4.69, 9.17) is 22.2 Å². The molecule has 146 valence electrons. The van der Waals surface area contributed by atoms with Gasteiger partial charge in [0, 0.05) is 10.7 Å². The highest BCUT2D eigenvalue weighted by atomic mass is 35.5. The Balaban J connectivity index is 1.58. The molecule has 0 aliphatic carbocycles.